The lowest BCUT2D eigenvalue weighted by Gasteiger charge is -2.46. The molecule has 3 nitrogen and oxygen atoms in total. The van der Waals surface area contributed by atoms with Crippen molar-refractivity contribution in [2.24, 2.45) is 11.3 Å². The molecule has 0 heterocycles. The van der Waals surface area contributed by atoms with Gasteiger partial charge in [-0.1, -0.05) is 116 Å². The van der Waals surface area contributed by atoms with E-state index in [1.54, 1.807) is 13.8 Å². The fourth-order valence-electron chi connectivity index (χ4n) is 5.52. The molecule has 1 aliphatic rings. The molecule has 0 spiro atoms. The summed E-state index contributed by atoms with van der Waals surface area (Å²) in [7, 11) is 0. The molecule has 5 rings (SSSR count). The van der Waals surface area contributed by atoms with Crippen LogP contribution in [0.4, 0.5) is 8.78 Å². The van der Waals surface area contributed by atoms with Crippen molar-refractivity contribution in [1.29, 1.82) is 0 Å². The van der Waals surface area contributed by atoms with Gasteiger partial charge in [0.1, 0.15) is 5.75 Å². The molecule has 0 amide bonds. The van der Waals surface area contributed by atoms with Crippen molar-refractivity contribution in [3.05, 3.63) is 136 Å². The van der Waals surface area contributed by atoms with E-state index in [-0.39, 0.29) is 12.7 Å². The smallest absolute Gasteiger partial charge is 0.258 e. The lowest BCUT2D eigenvalue weighted by atomic mass is 9.67. The Morgan fingerprint density at radius 3 is 1.95 bits per heavy atom. The highest BCUT2D eigenvalue weighted by atomic mass is 35.5. The van der Waals surface area contributed by atoms with Crippen molar-refractivity contribution < 1.29 is 23.0 Å². The van der Waals surface area contributed by atoms with Crippen molar-refractivity contribution in [2.75, 3.05) is 13.2 Å². The number of benzene rings is 4. The van der Waals surface area contributed by atoms with Crippen LogP contribution in [0.2, 0.25) is 5.02 Å². The number of rotatable bonds is 11. The van der Waals surface area contributed by atoms with Crippen LogP contribution in [-0.2, 0) is 29.1 Å². The molecular formula is C38H43ClF2O3. The van der Waals surface area contributed by atoms with E-state index in [1.165, 1.54) is 5.56 Å². The number of halogens is 3. The average Bonchev–Trinajstić information content (AvgIpc) is 3.02. The van der Waals surface area contributed by atoms with Crippen LogP contribution in [0.3, 0.4) is 0 Å². The fraction of sp³-hybridized carbons (Fsp3) is 0.368. The largest absolute Gasteiger partial charge is 0.494 e. The van der Waals surface area contributed by atoms with Crippen LogP contribution in [0.25, 0.3) is 0 Å². The second-order valence-electron chi connectivity index (χ2n) is 11.9. The lowest BCUT2D eigenvalue weighted by Crippen LogP contribution is -2.52. The number of alkyl halides is 2. The van der Waals surface area contributed by atoms with E-state index in [0.29, 0.717) is 32.7 Å². The summed E-state index contributed by atoms with van der Waals surface area (Å²) < 4.78 is 47.0. The number of hydrogen-bond acceptors (Lipinski definition) is 3. The molecule has 4 aromatic carbocycles. The van der Waals surface area contributed by atoms with Crippen molar-refractivity contribution in [3.63, 3.8) is 0 Å². The Labute approximate surface area is 266 Å². The second-order valence-corrected chi connectivity index (χ2v) is 12.3. The van der Waals surface area contributed by atoms with Gasteiger partial charge in [0.15, 0.2) is 0 Å². The minimum Gasteiger partial charge on any atom is -0.494 e. The van der Waals surface area contributed by atoms with Crippen LogP contribution in [0, 0.1) is 11.3 Å². The average molecular weight is 621 g/mol. The molecule has 44 heavy (non-hydrogen) atoms. The van der Waals surface area contributed by atoms with E-state index in [4.69, 9.17) is 25.8 Å². The number of ether oxygens (including phenoxy) is 3. The van der Waals surface area contributed by atoms with Gasteiger partial charge < -0.3 is 14.2 Å². The molecular weight excluding hydrogens is 578 g/mol. The molecule has 0 saturated heterocycles. The van der Waals surface area contributed by atoms with E-state index in [2.05, 4.69) is 18.2 Å². The molecule has 4 aromatic rings. The SMILES string of the molecule is CC1(C)C[C@@H](OCc2ccccc2)C[C@@H](COCc2ccccc2)C1(F)F.CCOc1ccc(Cc2ccccc2Cl)cc1. The summed E-state index contributed by atoms with van der Waals surface area (Å²) in [5, 5.41) is 0.821. The maximum Gasteiger partial charge on any atom is 0.258 e. The van der Waals surface area contributed by atoms with Gasteiger partial charge in [0.2, 0.25) is 0 Å². The zero-order valence-corrected chi connectivity index (χ0v) is 26.6. The van der Waals surface area contributed by atoms with Crippen molar-refractivity contribution in [1.82, 2.24) is 0 Å². The molecule has 6 heteroatoms. The molecule has 1 saturated carbocycles. The maximum absolute atomic E-state index is 15.0. The first-order valence-electron chi connectivity index (χ1n) is 15.3. The van der Waals surface area contributed by atoms with E-state index in [9.17, 15) is 8.78 Å². The first-order valence-corrected chi connectivity index (χ1v) is 15.7. The topological polar surface area (TPSA) is 27.7 Å². The Bertz CT molecular complexity index is 1390. The van der Waals surface area contributed by atoms with Gasteiger partial charge in [0.05, 0.1) is 32.5 Å². The van der Waals surface area contributed by atoms with Gasteiger partial charge in [-0.2, -0.15) is 0 Å². The monoisotopic (exact) mass is 620 g/mol. The Kier molecular flexibility index (Phi) is 12.4. The van der Waals surface area contributed by atoms with Crippen LogP contribution in [0.15, 0.2) is 109 Å². The Morgan fingerprint density at radius 2 is 1.34 bits per heavy atom. The van der Waals surface area contributed by atoms with Gasteiger partial charge >= 0.3 is 0 Å². The van der Waals surface area contributed by atoms with E-state index < -0.39 is 17.3 Å². The number of hydrogen-bond donors (Lipinski definition) is 0. The van der Waals surface area contributed by atoms with E-state index in [0.717, 1.165) is 33.9 Å². The second kappa shape index (κ2) is 16.2. The molecule has 0 bridgehead atoms. The predicted octanol–water partition coefficient (Wildman–Crippen LogP) is 10.2. The summed E-state index contributed by atoms with van der Waals surface area (Å²) in [6, 6.07) is 35.6. The molecule has 2 atom stereocenters. The minimum atomic E-state index is -2.78. The summed E-state index contributed by atoms with van der Waals surface area (Å²) in [5.74, 6) is -2.71. The molecule has 234 valence electrons. The maximum atomic E-state index is 15.0. The summed E-state index contributed by atoms with van der Waals surface area (Å²) in [6.07, 6.45) is 1.33. The lowest BCUT2D eigenvalue weighted by molar-refractivity contribution is -0.216. The van der Waals surface area contributed by atoms with Gasteiger partial charge in [0.25, 0.3) is 5.92 Å². The molecule has 1 fully saturated rings. The van der Waals surface area contributed by atoms with Crippen LogP contribution in [0.1, 0.15) is 55.9 Å². The van der Waals surface area contributed by atoms with Crippen LogP contribution in [0.5, 0.6) is 5.75 Å². The van der Waals surface area contributed by atoms with Gasteiger partial charge in [-0.3, -0.25) is 0 Å². The van der Waals surface area contributed by atoms with Crippen molar-refractivity contribution in [2.45, 2.75) is 65.3 Å². The summed E-state index contributed by atoms with van der Waals surface area (Å²) >= 11 is 6.13. The zero-order valence-electron chi connectivity index (χ0n) is 25.9. The van der Waals surface area contributed by atoms with Gasteiger partial charge in [-0.05, 0) is 66.6 Å². The Balaban J connectivity index is 0.000000223. The molecule has 0 radical (unpaired) electrons. The quantitative estimate of drug-likeness (QED) is 0.167. The highest BCUT2D eigenvalue weighted by Crippen LogP contribution is 2.51. The summed E-state index contributed by atoms with van der Waals surface area (Å²) in [4.78, 5) is 0. The highest BCUT2D eigenvalue weighted by molar-refractivity contribution is 6.31. The summed E-state index contributed by atoms with van der Waals surface area (Å²) in [5.41, 5.74) is 3.32. The minimum absolute atomic E-state index is 0.0382. The fourth-order valence-corrected chi connectivity index (χ4v) is 5.72. The first-order chi connectivity index (χ1) is 21.2. The van der Waals surface area contributed by atoms with Crippen LogP contribution in [-0.4, -0.2) is 25.2 Å². The molecule has 0 aromatic heterocycles. The van der Waals surface area contributed by atoms with E-state index >= 15 is 0 Å². The van der Waals surface area contributed by atoms with E-state index in [1.807, 2.05) is 97.9 Å². The first kappa shape index (κ1) is 33.6. The Hall–Kier alpha value is -3.25. The van der Waals surface area contributed by atoms with Crippen molar-refractivity contribution in [3.8, 4) is 5.75 Å². The van der Waals surface area contributed by atoms with Gasteiger partial charge in [-0.25, -0.2) is 8.78 Å². The highest BCUT2D eigenvalue weighted by Gasteiger charge is 2.57. The predicted molar refractivity (Wildman–Crippen MR) is 174 cm³/mol. The van der Waals surface area contributed by atoms with Crippen LogP contribution >= 0.6 is 11.6 Å². The molecule has 0 unspecified atom stereocenters. The third-order valence-electron chi connectivity index (χ3n) is 8.05. The van der Waals surface area contributed by atoms with Crippen molar-refractivity contribution >= 4 is 11.6 Å². The standard InChI is InChI=1S/C23H28F2O2.C15H15ClO/c1-22(2)14-21(27-16-19-11-7-4-8-12-19)13-20(23(22,24)25)17-26-15-18-9-5-3-6-10-18;1-2-17-14-9-7-12(8-10-14)11-13-5-3-4-6-15(13)16/h3-12,20-21H,13-17H2,1-2H3;3-10H,2,11H2,1H3/t20-,21-;/m0./s1. The molecule has 1 aliphatic carbocycles. The third kappa shape index (κ3) is 9.62. The normalized spacial score (nSPS) is 18.6. The third-order valence-corrected chi connectivity index (χ3v) is 8.42. The summed E-state index contributed by atoms with van der Waals surface area (Å²) in [6.45, 7) is 6.79. The molecule has 0 N–H and O–H groups in total. The zero-order chi connectivity index (χ0) is 31.4. The Morgan fingerprint density at radius 1 is 0.750 bits per heavy atom. The van der Waals surface area contributed by atoms with Gasteiger partial charge in [0, 0.05) is 16.4 Å². The molecule has 0 aliphatic heterocycles. The van der Waals surface area contributed by atoms with Gasteiger partial charge in [-0.15, -0.1) is 0 Å². The van der Waals surface area contributed by atoms with Crippen LogP contribution < -0.4 is 4.74 Å².